The van der Waals surface area contributed by atoms with Gasteiger partial charge in [-0.15, -0.1) is 0 Å². The lowest BCUT2D eigenvalue weighted by Gasteiger charge is -2.35. The van der Waals surface area contributed by atoms with Crippen molar-refractivity contribution >= 4 is 17.6 Å². The van der Waals surface area contributed by atoms with E-state index in [1.807, 2.05) is 4.90 Å². The molecule has 1 aromatic rings. The van der Waals surface area contributed by atoms with E-state index in [0.29, 0.717) is 23.4 Å². The van der Waals surface area contributed by atoms with Gasteiger partial charge < -0.3 is 10.2 Å². The second kappa shape index (κ2) is 7.43. The number of likely N-dealkylation sites (tertiary alicyclic amines) is 1. The van der Waals surface area contributed by atoms with Crippen LogP contribution in [-0.4, -0.2) is 33.5 Å². The molecule has 1 aliphatic heterocycles. The van der Waals surface area contributed by atoms with E-state index in [4.69, 9.17) is 11.6 Å². The molecular weight excluding hydrogens is 276 g/mol. The molecule has 1 atom stereocenters. The van der Waals surface area contributed by atoms with Crippen LogP contribution in [0.2, 0.25) is 5.15 Å². The molecular formula is C14H21ClN4O. The predicted molar refractivity (Wildman–Crippen MR) is 78.5 cm³/mol. The summed E-state index contributed by atoms with van der Waals surface area (Å²) in [5, 5.41) is 3.24. The van der Waals surface area contributed by atoms with Gasteiger partial charge in [-0.25, -0.2) is 9.78 Å². The average molecular weight is 297 g/mol. The number of aromatic nitrogens is 2. The van der Waals surface area contributed by atoms with Crippen LogP contribution in [0.4, 0.5) is 4.79 Å². The van der Waals surface area contributed by atoms with E-state index in [1.54, 1.807) is 6.20 Å². The summed E-state index contributed by atoms with van der Waals surface area (Å²) in [7, 11) is 0. The molecule has 2 amide bonds. The van der Waals surface area contributed by atoms with Crippen LogP contribution in [0.25, 0.3) is 0 Å². The SMILES string of the molecule is CCCC1CCCCN1C(=O)NCc1nccnc1Cl. The Hall–Kier alpha value is -1.36. The van der Waals surface area contributed by atoms with Crippen LogP contribution in [0.3, 0.4) is 0 Å². The third kappa shape index (κ3) is 3.82. The summed E-state index contributed by atoms with van der Waals surface area (Å²) >= 11 is 5.93. The first-order valence-electron chi connectivity index (χ1n) is 7.22. The maximum Gasteiger partial charge on any atom is 0.317 e. The summed E-state index contributed by atoms with van der Waals surface area (Å²) in [6.07, 6.45) is 8.69. The molecule has 0 spiro atoms. The summed E-state index contributed by atoms with van der Waals surface area (Å²) in [5.74, 6) is 0. The monoisotopic (exact) mass is 296 g/mol. The number of nitrogens with one attached hydrogen (secondary N) is 1. The zero-order valence-corrected chi connectivity index (χ0v) is 12.6. The quantitative estimate of drug-likeness (QED) is 0.929. The summed E-state index contributed by atoms with van der Waals surface area (Å²) < 4.78 is 0. The highest BCUT2D eigenvalue weighted by Crippen LogP contribution is 2.21. The van der Waals surface area contributed by atoms with E-state index < -0.39 is 0 Å². The number of rotatable bonds is 4. The molecule has 2 rings (SSSR count). The van der Waals surface area contributed by atoms with Gasteiger partial charge in [0.05, 0.1) is 12.2 Å². The van der Waals surface area contributed by atoms with Gasteiger partial charge in [0.2, 0.25) is 0 Å². The topological polar surface area (TPSA) is 58.1 Å². The highest BCUT2D eigenvalue weighted by molar-refractivity contribution is 6.29. The number of nitrogens with zero attached hydrogens (tertiary/aromatic N) is 3. The average Bonchev–Trinajstić information content (AvgIpc) is 2.47. The van der Waals surface area contributed by atoms with Crippen LogP contribution >= 0.6 is 11.6 Å². The van der Waals surface area contributed by atoms with Crippen molar-refractivity contribution in [2.75, 3.05) is 6.54 Å². The Morgan fingerprint density at radius 3 is 3.00 bits per heavy atom. The molecule has 0 bridgehead atoms. The second-order valence-electron chi connectivity index (χ2n) is 5.08. The van der Waals surface area contributed by atoms with Gasteiger partial charge in [-0.2, -0.15) is 0 Å². The second-order valence-corrected chi connectivity index (χ2v) is 5.44. The molecule has 6 heteroatoms. The van der Waals surface area contributed by atoms with E-state index >= 15 is 0 Å². The number of hydrogen-bond acceptors (Lipinski definition) is 3. The van der Waals surface area contributed by atoms with Crippen molar-refractivity contribution in [1.29, 1.82) is 0 Å². The summed E-state index contributed by atoms with van der Waals surface area (Å²) in [6.45, 7) is 3.32. The van der Waals surface area contributed by atoms with E-state index in [0.717, 1.165) is 32.2 Å². The van der Waals surface area contributed by atoms with Crippen molar-refractivity contribution in [3.8, 4) is 0 Å². The Bertz CT molecular complexity index is 453. The number of carbonyl (C=O) groups is 1. The molecule has 1 aliphatic rings. The fourth-order valence-electron chi connectivity index (χ4n) is 2.63. The van der Waals surface area contributed by atoms with Gasteiger partial charge in [-0.3, -0.25) is 4.98 Å². The first-order valence-corrected chi connectivity index (χ1v) is 7.60. The molecule has 0 saturated carbocycles. The zero-order chi connectivity index (χ0) is 14.4. The minimum atomic E-state index is -0.0233. The van der Waals surface area contributed by atoms with Gasteiger partial charge in [0, 0.05) is 25.0 Å². The molecule has 1 saturated heterocycles. The molecule has 110 valence electrons. The normalized spacial score (nSPS) is 18.9. The van der Waals surface area contributed by atoms with Crippen LogP contribution in [0.15, 0.2) is 12.4 Å². The third-order valence-corrected chi connectivity index (χ3v) is 3.96. The van der Waals surface area contributed by atoms with Crippen LogP contribution in [0, 0.1) is 0 Å². The van der Waals surface area contributed by atoms with E-state index in [2.05, 4.69) is 22.2 Å². The molecule has 20 heavy (non-hydrogen) atoms. The number of carbonyl (C=O) groups excluding carboxylic acids is 1. The molecule has 1 aromatic heterocycles. The highest BCUT2D eigenvalue weighted by atomic mass is 35.5. The fraction of sp³-hybridized carbons (Fsp3) is 0.643. The maximum atomic E-state index is 12.3. The molecule has 1 fully saturated rings. The zero-order valence-electron chi connectivity index (χ0n) is 11.8. The third-order valence-electron chi connectivity index (χ3n) is 3.64. The molecule has 2 heterocycles. The van der Waals surface area contributed by atoms with Gasteiger partial charge in [0.1, 0.15) is 0 Å². The van der Waals surface area contributed by atoms with Gasteiger partial charge in [0.25, 0.3) is 0 Å². The van der Waals surface area contributed by atoms with Crippen LogP contribution in [0.5, 0.6) is 0 Å². The van der Waals surface area contributed by atoms with Crippen molar-refractivity contribution in [3.63, 3.8) is 0 Å². The van der Waals surface area contributed by atoms with Gasteiger partial charge in [0.15, 0.2) is 5.15 Å². The number of halogens is 1. The lowest BCUT2D eigenvalue weighted by Crippen LogP contribution is -2.48. The summed E-state index contributed by atoms with van der Waals surface area (Å²) in [4.78, 5) is 22.3. The van der Waals surface area contributed by atoms with Gasteiger partial charge in [-0.05, 0) is 25.7 Å². The van der Waals surface area contributed by atoms with Crippen LogP contribution in [-0.2, 0) is 6.54 Å². The van der Waals surface area contributed by atoms with E-state index in [1.165, 1.54) is 12.6 Å². The molecule has 5 nitrogen and oxygen atoms in total. The van der Waals surface area contributed by atoms with Crippen LogP contribution in [0.1, 0.15) is 44.7 Å². The minimum Gasteiger partial charge on any atom is -0.332 e. The summed E-state index contributed by atoms with van der Waals surface area (Å²) in [5.41, 5.74) is 0.603. The number of hydrogen-bond donors (Lipinski definition) is 1. The Balaban J connectivity index is 1.91. The lowest BCUT2D eigenvalue weighted by atomic mass is 9.99. The molecule has 1 unspecified atom stereocenters. The lowest BCUT2D eigenvalue weighted by molar-refractivity contribution is 0.145. The first-order chi connectivity index (χ1) is 9.72. The fourth-order valence-corrected chi connectivity index (χ4v) is 2.80. The van der Waals surface area contributed by atoms with E-state index in [9.17, 15) is 4.79 Å². The van der Waals surface area contributed by atoms with Crippen molar-refractivity contribution in [3.05, 3.63) is 23.2 Å². The standard InChI is InChI=1S/C14H21ClN4O/c1-2-5-11-6-3-4-9-19(11)14(20)18-10-12-13(15)17-8-7-16-12/h7-8,11H,2-6,9-10H2,1H3,(H,18,20). The molecule has 1 N–H and O–H groups in total. The number of urea groups is 1. The van der Waals surface area contributed by atoms with Crippen molar-refractivity contribution < 1.29 is 4.79 Å². The number of amides is 2. The van der Waals surface area contributed by atoms with E-state index in [-0.39, 0.29) is 6.03 Å². The minimum absolute atomic E-state index is 0.0233. The Kier molecular flexibility index (Phi) is 5.59. The van der Waals surface area contributed by atoms with Gasteiger partial charge in [-0.1, -0.05) is 24.9 Å². The highest BCUT2D eigenvalue weighted by Gasteiger charge is 2.25. The smallest absolute Gasteiger partial charge is 0.317 e. The van der Waals surface area contributed by atoms with Crippen LogP contribution < -0.4 is 5.32 Å². The largest absolute Gasteiger partial charge is 0.332 e. The maximum absolute atomic E-state index is 12.3. The van der Waals surface area contributed by atoms with Crippen molar-refractivity contribution in [2.45, 2.75) is 51.6 Å². The molecule has 0 radical (unpaired) electrons. The Labute approximate surface area is 124 Å². The Morgan fingerprint density at radius 2 is 2.25 bits per heavy atom. The van der Waals surface area contributed by atoms with Crippen molar-refractivity contribution in [1.82, 2.24) is 20.2 Å². The van der Waals surface area contributed by atoms with Crippen molar-refractivity contribution in [2.24, 2.45) is 0 Å². The summed E-state index contributed by atoms with van der Waals surface area (Å²) in [6, 6.07) is 0.343. The molecule has 0 aliphatic carbocycles. The molecule has 0 aromatic carbocycles. The Morgan fingerprint density at radius 1 is 1.45 bits per heavy atom. The number of piperidine rings is 1. The van der Waals surface area contributed by atoms with Gasteiger partial charge >= 0.3 is 6.03 Å². The first kappa shape index (κ1) is 15.0. The predicted octanol–water partition coefficient (Wildman–Crippen LogP) is 2.99.